The van der Waals surface area contributed by atoms with Crippen LogP contribution in [-0.2, 0) is 9.53 Å². The highest BCUT2D eigenvalue weighted by Crippen LogP contribution is 2.51. The Morgan fingerprint density at radius 1 is 1.50 bits per heavy atom. The summed E-state index contributed by atoms with van der Waals surface area (Å²) >= 11 is 6.11. The Morgan fingerprint density at radius 3 is 2.94 bits per heavy atom. The Kier molecular flexibility index (Phi) is 3.62. The fourth-order valence-electron chi connectivity index (χ4n) is 2.14. The van der Waals surface area contributed by atoms with Gasteiger partial charge in [-0.05, 0) is 29.9 Å². The van der Waals surface area contributed by atoms with Gasteiger partial charge in [-0.25, -0.2) is 0 Å². The van der Waals surface area contributed by atoms with E-state index in [1.54, 1.807) is 7.11 Å². The number of benzene rings is 1. The van der Waals surface area contributed by atoms with E-state index < -0.39 is 0 Å². The maximum atomic E-state index is 11.4. The van der Waals surface area contributed by atoms with Gasteiger partial charge in [-0.15, -0.1) is 0 Å². The van der Waals surface area contributed by atoms with E-state index in [1.807, 2.05) is 24.3 Å². The lowest BCUT2D eigenvalue weighted by molar-refractivity contribution is -0.123. The lowest BCUT2D eigenvalue weighted by Crippen LogP contribution is -2.07. The molecule has 0 heterocycles. The van der Waals surface area contributed by atoms with E-state index in [0.717, 1.165) is 11.4 Å². The maximum Gasteiger partial charge on any atom is 0.158 e. The minimum atomic E-state index is 0.182. The molecule has 1 saturated carbocycles. The summed E-state index contributed by atoms with van der Waals surface area (Å²) in [5.41, 5.74) is 1.18. The topological polar surface area (TPSA) is 26.3 Å². The van der Waals surface area contributed by atoms with Gasteiger partial charge in [-0.2, -0.15) is 0 Å². The van der Waals surface area contributed by atoms with Gasteiger partial charge >= 0.3 is 0 Å². The predicted molar refractivity (Wildman–Crippen MR) is 63.8 cm³/mol. The quantitative estimate of drug-likeness (QED) is 0.788. The van der Waals surface area contributed by atoms with Crippen molar-refractivity contribution < 1.29 is 9.53 Å². The van der Waals surface area contributed by atoms with Crippen molar-refractivity contribution in [3.8, 4) is 0 Å². The number of carbonyl (C=O) groups is 1. The van der Waals surface area contributed by atoms with Crippen molar-refractivity contribution in [1.82, 2.24) is 0 Å². The van der Waals surface area contributed by atoms with Gasteiger partial charge in [0.05, 0.1) is 0 Å². The fourth-order valence-corrected chi connectivity index (χ4v) is 2.42. The van der Waals surface area contributed by atoms with E-state index in [4.69, 9.17) is 16.3 Å². The minimum absolute atomic E-state index is 0.182. The van der Waals surface area contributed by atoms with Crippen LogP contribution in [0.15, 0.2) is 24.3 Å². The molecule has 0 aliphatic heterocycles. The van der Waals surface area contributed by atoms with Crippen molar-refractivity contribution in [2.45, 2.75) is 18.8 Å². The first-order valence-electron chi connectivity index (χ1n) is 5.47. The van der Waals surface area contributed by atoms with Gasteiger partial charge in [0.2, 0.25) is 0 Å². The molecule has 0 N–H and O–H groups in total. The number of ketones is 1. The Morgan fingerprint density at radius 2 is 2.25 bits per heavy atom. The van der Waals surface area contributed by atoms with Crippen LogP contribution >= 0.6 is 11.6 Å². The van der Waals surface area contributed by atoms with Gasteiger partial charge in [0.15, 0.2) is 5.78 Å². The van der Waals surface area contributed by atoms with E-state index in [0.29, 0.717) is 18.3 Å². The zero-order valence-corrected chi connectivity index (χ0v) is 10.0. The highest BCUT2D eigenvalue weighted by atomic mass is 35.5. The summed E-state index contributed by atoms with van der Waals surface area (Å²) in [5, 5.41) is 0.814. The van der Waals surface area contributed by atoms with Crippen molar-refractivity contribution in [2.75, 3.05) is 13.7 Å². The molecule has 0 amide bonds. The Labute approximate surface area is 101 Å². The minimum Gasteiger partial charge on any atom is -0.377 e. The van der Waals surface area contributed by atoms with Crippen molar-refractivity contribution in [3.05, 3.63) is 34.9 Å². The molecule has 0 bridgehead atoms. The van der Waals surface area contributed by atoms with Crippen LogP contribution in [0.4, 0.5) is 0 Å². The molecule has 3 heteroatoms. The Balaban J connectivity index is 1.92. The van der Waals surface area contributed by atoms with Gasteiger partial charge in [-0.1, -0.05) is 29.8 Å². The van der Waals surface area contributed by atoms with Crippen molar-refractivity contribution >= 4 is 17.4 Å². The van der Waals surface area contributed by atoms with E-state index >= 15 is 0 Å². The van der Waals surface area contributed by atoms with Crippen LogP contribution < -0.4 is 0 Å². The Bertz CT molecular complexity index is 389. The van der Waals surface area contributed by atoms with E-state index in [1.165, 1.54) is 5.56 Å². The average Bonchev–Trinajstić information content (AvgIpc) is 2.98. The van der Waals surface area contributed by atoms with Crippen LogP contribution in [-0.4, -0.2) is 19.5 Å². The number of hydrogen-bond acceptors (Lipinski definition) is 2. The molecule has 2 atom stereocenters. The van der Waals surface area contributed by atoms with E-state index in [9.17, 15) is 4.79 Å². The van der Waals surface area contributed by atoms with Gasteiger partial charge in [-0.3, -0.25) is 4.79 Å². The summed E-state index contributed by atoms with van der Waals surface area (Å²) in [6.45, 7) is 0.228. The molecular formula is C13H15ClO2. The number of halogens is 1. The first-order valence-corrected chi connectivity index (χ1v) is 5.85. The van der Waals surface area contributed by atoms with Gasteiger partial charge < -0.3 is 4.74 Å². The number of Topliss-reactive ketones (excluding diaryl/α,β-unsaturated/α-hetero) is 1. The van der Waals surface area contributed by atoms with Gasteiger partial charge in [0, 0.05) is 18.6 Å². The molecule has 0 unspecified atom stereocenters. The fraction of sp³-hybridized carbons (Fsp3) is 0.462. The molecule has 16 heavy (non-hydrogen) atoms. The largest absolute Gasteiger partial charge is 0.377 e. The molecule has 0 saturated heterocycles. The summed E-state index contributed by atoms with van der Waals surface area (Å²) < 4.78 is 4.82. The zero-order valence-electron chi connectivity index (χ0n) is 9.28. The smallest absolute Gasteiger partial charge is 0.158 e. The van der Waals surface area contributed by atoms with Crippen LogP contribution in [0.2, 0.25) is 5.02 Å². The second-order valence-corrected chi connectivity index (χ2v) is 4.71. The molecule has 0 radical (unpaired) electrons. The van der Waals surface area contributed by atoms with E-state index in [2.05, 4.69) is 0 Å². The SMILES string of the molecule is COCC(=O)C[C@H]1C[C@@H]1c1ccccc1Cl. The van der Waals surface area contributed by atoms with Gasteiger partial charge in [0.25, 0.3) is 0 Å². The normalized spacial score (nSPS) is 23.1. The summed E-state index contributed by atoms with van der Waals surface area (Å²) in [4.78, 5) is 11.4. The summed E-state index contributed by atoms with van der Waals surface area (Å²) in [6.07, 6.45) is 1.68. The third-order valence-electron chi connectivity index (χ3n) is 3.02. The number of methoxy groups -OCH3 is 1. The van der Waals surface area contributed by atoms with Crippen molar-refractivity contribution in [3.63, 3.8) is 0 Å². The summed E-state index contributed by atoms with van der Waals surface area (Å²) in [7, 11) is 1.55. The van der Waals surface area contributed by atoms with Crippen LogP contribution in [0.5, 0.6) is 0 Å². The average molecular weight is 239 g/mol. The third-order valence-corrected chi connectivity index (χ3v) is 3.37. The standard InChI is InChI=1S/C13H15ClO2/c1-16-8-10(15)6-9-7-12(9)11-4-2-3-5-13(11)14/h2-5,9,12H,6-8H2,1H3/t9-,12-/m0/s1. The van der Waals surface area contributed by atoms with Crippen LogP contribution in [0, 0.1) is 5.92 Å². The first-order chi connectivity index (χ1) is 7.72. The molecule has 2 rings (SSSR count). The number of hydrogen-bond donors (Lipinski definition) is 0. The molecule has 1 fully saturated rings. The van der Waals surface area contributed by atoms with E-state index in [-0.39, 0.29) is 12.4 Å². The molecule has 0 aromatic heterocycles. The zero-order chi connectivity index (χ0) is 11.5. The second-order valence-electron chi connectivity index (χ2n) is 4.30. The monoisotopic (exact) mass is 238 g/mol. The predicted octanol–water partition coefficient (Wildman–Crippen LogP) is 3.05. The number of ether oxygens (including phenoxy) is 1. The molecular weight excluding hydrogens is 224 g/mol. The lowest BCUT2D eigenvalue weighted by atomic mass is 10.1. The molecule has 1 aliphatic rings. The number of carbonyl (C=O) groups excluding carboxylic acids is 1. The third kappa shape index (κ3) is 2.63. The van der Waals surface area contributed by atoms with Crippen LogP contribution in [0.1, 0.15) is 24.3 Å². The highest BCUT2D eigenvalue weighted by Gasteiger charge is 2.40. The molecule has 1 aliphatic carbocycles. The van der Waals surface area contributed by atoms with Crippen LogP contribution in [0.3, 0.4) is 0 Å². The maximum absolute atomic E-state index is 11.4. The highest BCUT2D eigenvalue weighted by molar-refractivity contribution is 6.31. The van der Waals surface area contributed by atoms with Crippen molar-refractivity contribution in [1.29, 1.82) is 0 Å². The lowest BCUT2D eigenvalue weighted by Gasteiger charge is -2.02. The summed E-state index contributed by atoms with van der Waals surface area (Å²) in [5.74, 6) is 1.11. The molecule has 2 nitrogen and oxygen atoms in total. The second kappa shape index (κ2) is 4.98. The van der Waals surface area contributed by atoms with Crippen molar-refractivity contribution in [2.24, 2.45) is 5.92 Å². The summed E-state index contributed by atoms with van der Waals surface area (Å²) in [6, 6.07) is 7.88. The molecule has 1 aromatic rings. The Hall–Kier alpha value is -0.860. The van der Waals surface area contributed by atoms with Crippen LogP contribution in [0.25, 0.3) is 0 Å². The number of rotatable bonds is 5. The molecule has 86 valence electrons. The molecule has 1 aromatic carbocycles. The molecule has 0 spiro atoms. The first kappa shape index (κ1) is 11.6. The van der Waals surface area contributed by atoms with Gasteiger partial charge in [0.1, 0.15) is 6.61 Å².